The number of hydrogen-bond acceptors (Lipinski definition) is 4. The zero-order chi connectivity index (χ0) is 11.4. The van der Waals surface area contributed by atoms with Gasteiger partial charge in [-0.25, -0.2) is 4.98 Å². The van der Waals surface area contributed by atoms with E-state index in [1.54, 1.807) is 11.8 Å². The van der Waals surface area contributed by atoms with Gasteiger partial charge in [0.2, 0.25) is 0 Å². The number of aromatic nitrogens is 3. The Kier molecular flexibility index (Phi) is 3.98. The summed E-state index contributed by atoms with van der Waals surface area (Å²) in [7, 11) is 0. The first kappa shape index (κ1) is 11.6. The van der Waals surface area contributed by atoms with Crippen molar-refractivity contribution < 1.29 is 0 Å². The summed E-state index contributed by atoms with van der Waals surface area (Å²) in [6.07, 6.45) is 0. The van der Waals surface area contributed by atoms with Gasteiger partial charge >= 0.3 is 0 Å². The average molecular weight is 299 g/mol. The summed E-state index contributed by atoms with van der Waals surface area (Å²) < 4.78 is 1.08. The van der Waals surface area contributed by atoms with Gasteiger partial charge in [0.25, 0.3) is 0 Å². The molecule has 0 atom stereocenters. The van der Waals surface area contributed by atoms with Crippen LogP contribution in [0, 0.1) is 0 Å². The second-order valence-corrected chi connectivity index (χ2v) is 5.11. The first-order valence-electron chi connectivity index (χ1n) is 4.76. The van der Waals surface area contributed by atoms with Crippen molar-refractivity contribution in [3.63, 3.8) is 0 Å². The van der Waals surface area contributed by atoms with E-state index in [1.807, 2.05) is 12.1 Å². The quantitative estimate of drug-likeness (QED) is 0.850. The molecule has 4 nitrogen and oxygen atoms in total. The molecular formula is C10H11BrN4S. The van der Waals surface area contributed by atoms with Gasteiger partial charge in [0.15, 0.2) is 5.82 Å². The average Bonchev–Trinajstić information content (AvgIpc) is 2.74. The number of benzene rings is 1. The summed E-state index contributed by atoms with van der Waals surface area (Å²) in [6, 6.07) is 8.16. The third-order valence-electron chi connectivity index (χ3n) is 1.93. The molecule has 0 amide bonds. The Balaban J connectivity index is 1.96. The molecule has 1 aromatic carbocycles. The number of nitrogens with two attached hydrogens (primary N) is 1. The van der Waals surface area contributed by atoms with Gasteiger partial charge in [-0.15, -0.1) is 11.8 Å². The smallest absolute Gasteiger partial charge is 0.164 e. The van der Waals surface area contributed by atoms with Crippen LogP contribution in [-0.4, -0.2) is 15.2 Å². The van der Waals surface area contributed by atoms with Gasteiger partial charge in [-0.3, -0.25) is 5.10 Å². The number of aromatic amines is 1. The number of H-pyrrole nitrogens is 1. The third-order valence-corrected chi connectivity index (χ3v) is 3.43. The number of nitrogens with one attached hydrogen (secondary N) is 1. The van der Waals surface area contributed by atoms with Crippen LogP contribution in [0.1, 0.15) is 11.6 Å². The maximum atomic E-state index is 5.43. The van der Waals surface area contributed by atoms with Crippen LogP contribution in [0.3, 0.4) is 0 Å². The SMILES string of the molecule is NCc1n[nH]c(CSc2cccc(Br)c2)n1. The highest BCUT2D eigenvalue weighted by molar-refractivity contribution is 9.10. The Morgan fingerprint density at radius 3 is 3.00 bits per heavy atom. The highest BCUT2D eigenvalue weighted by atomic mass is 79.9. The molecule has 0 saturated carbocycles. The Morgan fingerprint density at radius 1 is 1.44 bits per heavy atom. The van der Waals surface area contributed by atoms with E-state index in [0.29, 0.717) is 12.4 Å². The van der Waals surface area contributed by atoms with Crippen molar-refractivity contribution in [3.8, 4) is 0 Å². The van der Waals surface area contributed by atoms with Gasteiger partial charge in [0, 0.05) is 9.37 Å². The van der Waals surface area contributed by atoms with Crippen LogP contribution < -0.4 is 5.73 Å². The maximum Gasteiger partial charge on any atom is 0.164 e. The summed E-state index contributed by atoms with van der Waals surface area (Å²) >= 11 is 5.14. The van der Waals surface area contributed by atoms with Crippen LogP contribution in [0.4, 0.5) is 0 Å². The second-order valence-electron chi connectivity index (χ2n) is 3.15. The minimum atomic E-state index is 0.373. The number of rotatable bonds is 4. The van der Waals surface area contributed by atoms with Crippen LogP contribution in [0.25, 0.3) is 0 Å². The maximum absolute atomic E-state index is 5.43. The first-order valence-corrected chi connectivity index (χ1v) is 6.54. The van der Waals surface area contributed by atoms with Gasteiger partial charge in [-0.1, -0.05) is 22.0 Å². The predicted octanol–water partition coefficient (Wildman–Crippen LogP) is 2.32. The van der Waals surface area contributed by atoms with Crippen LogP contribution in [0.5, 0.6) is 0 Å². The minimum Gasteiger partial charge on any atom is -0.324 e. The molecule has 0 aliphatic carbocycles. The van der Waals surface area contributed by atoms with E-state index >= 15 is 0 Å². The van der Waals surface area contributed by atoms with Gasteiger partial charge in [0.1, 0.15) is 5.82 Å². The summed E-state index contributed by atoms with van der Waals surface area (Å²) in [6.45, 7) is 0.373. The zero-order valence-electron chi connectivity index (χ0n) is 8.48. The molecular weight excluding hydrogens is 288 g/mol. The molecule has 0 spiro atoms. The minimum absolute atomic E-state index is 0.373. The standard InChI is InChI=1S/C10H11BrN4S/c11-7-2-1-3-8(4-7)16-6-10-13-9(5-12)14-15-10/h1-4H,5-6,12H2,(H,13,14,15). The fourth-order valence-corrected chi connectivity index (χ4v) is 2.57. The topological polar surface area (TPSA) is 67.6 Å². The van der Waals surface area contributed by atoms with E-state index in [-0.39, 0.29) is 0 Å². The lowest BCUT2D eigenvalue weighted by Crippen LogP contribution is -1.98. The molecule has 0 aliphatic rings. The Hall–Kier alpha value is -0.850. The summed E-state index contributed by atoms with van der Waals surface area (Å²) in [5, 5.41) is 6.85. The molecule has 16 heavy (non-hydrogen) atoms. The molecule has 1 aromatic heterocycles. The normalized spacial score (nSPS) is 10.6. The van der Waals surface area contributed by atoms with Crippen LogP contribution in [0.15, 0.2) is 33.6 Å². The lowest BCUT2D eigenvalue weighted by atomic mass is 10.4. The molecule has 1 heterocycles. The molecule has 0 radical (unpaired) electrons. The van der Waals surface area contributed by atoms with Crippen molar-refractivity contribution in [2.75, 3.05) is 0 Å². The molecule has 0 fully saturated rings. The van der Waals surface area contributed by atoms with E-state index < -0.39 is 0 Å². The van der Waals surface area contributed by atoms with Crippen molar-refractivity contribution >= 4 is 27.7 Å². The molecule has 3 N–H and O–H groups in total. The summed E-state index contributed by atoms with van der Waals surface area (Å²) in [4.78, 5) is 5.44. The number of thioether (sulfide) groups is 1. The molecule has 6 heteroatoms. The summed E-state index contributed by atoms with van der Waals surface area (Å²) in [5.41, 5.74) is 5.43. The number of nitrogens with zero attached hydrogens (tertiary/aromatic N) is 2. The van der Waals surface area contributed by atoms with Crippen molar-refractivity contribution in [1.82, 2.24) is 15.2 Å². The lowest BCUT2D eigenvalue weighted by Gasteiger charge is -1.99. The van der Waals surface area contributed by atoms with Gasteiger partial charge < -0.3 is 5.73 Å². The Bertz CT molecular complexity index is 471. The second kappa shape index (κ2) is 5.47. The van der Waals surface area contributed by atoms with Gasteiger partial charge in [0.05, 0.1) is 12.3 Å². The van der Waals surface area contributed by atoms with Crippen molar-refractivity contribution in [3.05, 3.63) is 40.4 Å². The fourth-order valence-electron chi connectivity index (χ4n) is 1.20. The van der Waals surface area contributed by atoms with E-state index in [4.69, 9.17) is 5.73 Å². The van der Waals surface area contributed by atoms with E-state index in [0.717, 1.165) is 16.0 Å². The Labute approximate surface area is 106 Å². The van der Waals surface area contributed by atoms with Gasteiger partial charge in [-0.05, 0) is 18.2 Å². The largest absolute Gasteiger partial charge is 0.324 e. The van der Waals surface area contributed by atoms with Gasteiger partial charge in [-0.2, -0.15) is 5.10 Å². The molecule has 2 aromatic rings. The molecule has 0 bridgehead atoms. The highest BCUT2D eigenvalue weighted by Crippen LogP contribution is 2.24. The zero-order valence-corrected chi connectivity index (χ0v) is 10.9. The first-order chi connectivity index (χ1) is 7.78. The number of halogens is 1. The molecule has 0 aliphatic heterocycles. The monoisotopic (exact) mass is 298 g/mol. The molecule has 2 rings (SSSR count). The highest BCUT2D eigenvalue weighted by Gasteiger charge is 2.02. The van der Waals surface area contributed by atoms with E-state index in [9.17, 15) is 0 Å². The lowest BCUT2D eigenvalue weighted by molar-refractivity contribution is 0.916. The Morgan fingerprint density at radius 2 is 2.31 bits per heavy atom. The molecule has 84 valence electrons. The summed E-state index contributed by atoms with van der Waals surface area (Å²) in [5.74, 6) is 2.28. The molecule has 0 saturated heterocycles. The van der Waals surface area contributed by atoms with E-state index in [1.165, 1.54) is 4.90 Å². The molecule has 0 unspecified atom stereocenters. The van der Waals surface area contributed by atoms with Crippen molar-refractivity contribution in [1.29, 1.82) is 0 Å². The van der Waals surface area contributed by atoms with Crippen molar-refractivity contribution in [2.24, 2.45) is 5.73 Å². The van der Waals surface area contributed by atoms with Crippen LogP contribution >= 0.6 is 27.7 Å². The predicted molar refractivity (Wildman–Crippen MR) is 68.0 cm³/mol. The van der Waals surface area contributed by atoms with Crippen LogP contribution in [-0.2, 0) is 12.3 Å². The van der Waals surface area contributed by atoms with Crippen LogP contribution in [0.2, 0.25) is 0 Å². The number of hydrogen-bond donors (Lipinski definition) is 2. The fraction of sp³-hybridized carbons (Fsp3) is 0.200. The van der Waals surface area contributed by atoms with E-state index in [2.05, 4.69) is 43.2 Å². The van der Waals surface area contributed by atoms with Crippen molar-refractivity contribution in [2.45, 2.75) is 17.2 Å². The third kappa shape index (κ3) is 3.07.